The third-order valence-corrected chi connectivity index (χ3v) is 1.22. The highest BCUT2D eigenvalue weighted by atomic mass is 32.2. The van der Waals surface area contributed by atoms with Gasteiger partial charge in [-0.05, 0) is 6.26 Å². The minimum atomic E-state index is -0.348. The smallest absolute Gasteiger partial charge is 0.207 e. The number of thioether (sulfide) groups is 1. The summed E-state index contributed by atoms with van der Waals surface area (Å²) < 4.78 is 0. The molecule has 0 spiro atoms. The monoisotopic (exact) mass is 132 g/mol. The van der Waals surface area contributed by atoms with Gasteiger partial charge >= 0.3 is 0 Å². The highest BCUT2D eigenvalue weighted by molar-refractivity contribution is 7.99. The molecule has 0 saturated heterocycles. The number of rotatable bonds is 3. The van der Waals surface area contributed by atoms with Crippen molar-refractivity contribution in [3.63, 3.8) is 0 Å². The van der Waals surface area contributed by atoms with Crippen LogP contribution in [0, 0.1) is 0 Å². The van der Waals surface area contributed by atoms with Crippen LogP contribution >= 0.6 is 11.8 Å². The summed E-state index contributed by atoms with van der Waals surface area (Å²) in [7, 11) is 0. The van der Waals surface area contributed by atoms with Crippen molar-refractivity contribution < 1.29 is 9.59 Å². The first-order valence-electron chi connectivity index (χ1n) is 2.21. The van der Waals surface area contributed by atoms with Crippen molar-refractivity contribution in [3.05, 3.63) is 0 Å². The van der Waals surface area contributed by atoms with Crippen molar-refractivity contribution in [1.82, 2.24) is 0 Å². The number of hydrogen-bond acceptors (Lipinski definition) is 3. The van der Waals surface area contributed by atoms with E-state index in [1.807, 2.05) is 0 Å². The molecule has 0 aromatic heterocycles. The topological polar surface area (TPSA) is 34.1 Å². The number of carbonyl (C=O) groups is 2. The lowest BCUT2D eigenvalue weighted by molar-refractivity contribution is -0.133. The van der Waals surface area contributed by atoms with Crippen molar-refractivity contribution in [2.75, 3.05) is 12.0 Å². The van der Waals surface area contributed by atoms with E-state index in [-0.39, 0.29) is 11.6 Å². The second-order valence-corrected chi connectivity index (χ2v) is 2.28. The Bertz CT molecular complexity index is 109. The molecule has 0 aliphatic heterocycles. The number of hydrogen-bond donors (Lipinski definition) is 0. The van der Waals surface area contributed by atoms with Crippen molar-refractivity contribution in [2.24, 2.45) is 0 Å². The molecule has 0 aromatic rings. The first-order chi connectivity index (χ1) is 3.68. The zero-order valence-corrected chi connectivity index (χ0v) is 5.75. The lowest BCUT2D eigenvalue weighted by Crippen LogP contribution is -2.11. The van der Waals surface area contributed by atoms with Crippen LogP contribution in [-0.2, 0) is 9.59 Å². The Labute approximate surface area is 52.6 Å². The molecule has 0 amide bonds. The molecule has 3 heteroatoms. The van der Waals surface area contributed by atoms with Gasteiger partial charge in [0.25, 0.3) is 0 Å². The minimum absolute atomic E-state index is 0.294. The molecular formula is C5H8O2S. The predicted octanol–water partition coefficient (Wildman–Crippen LogP) is 0.508. The molecule has 0 fully saturated rings. The molecule has 0 aliphatic rings. The molecule has 2 nitrogen and oxygen atoms in total. The summed E-state index contributed by atoms with van der Waals surface area (Å²) in [5, 5.41) is 0. The second-order valence-electron chi connectivity index (χ2n) is 1.41. The number of ketones is 2. The Kier molecular flexibility index (Phi) is 3.52. The zero-order valence-electron chi connectivity index (χ0n) is 4.93. The highest BCUT2D eigenvalue weighted by Gasteiger charge is 2.03. The van der Waals surface area contributed by atoms with Gasteiger partial charge in [-0.1, -0.05) is 0 Å². The molecule has 8 heavy (non-hydrogen) atoms. The summed E-state index contributed by atoms with van der Waals surface area (Å²) in [6.45, 7) is 1.29. The van der Waals surface area contributed by atoms with Crippen LogP contribution < -0.4 is 0 Å². The van der Waals surface area contributed by atoms with E-state index in [2.05, 4.69) is 0 Å². The molecule has 0 saturated carbocycles. The van der Waals surface area contributed by atoms with Crippen molar-refractivity contribution in [2.45, 2.75) is 6.92 Å². The molecule has 0 radical (unpaired) electrons. The maximum atomic E-state index is 10.4. The van der Waals surface area contributed by atoms with E-state index in [9.17, 15) is 9.59 Å². The van der Waals surface area contributed by atoms with Gasteiger partial charge in [0.1, 0.15) is 0 Å². The standard InChI is InChI=1S/C5H8O2S/c1-4(6)5(7)3-8-2/h3H2,1-2H3. The van der Waals surface area contributed by atoms with Crippen LogP contribution in [-0.4, -0.2) is 23.6 Å². The molecule has 0 rings (SSSR count). The summed E-state index contributed by atoms with van der Waals surface area (Å²) in [4.78, 5) is 20.5. The van der Waals surface area contributed by atoms with Gasteiger partial charge < -0.3 is 0 Å². The molecule has 46 valence electrons. The van der Waals surface area contributed by atoms with Gasteiger partial charge in [-0.15, -0.1) is 0 Å². The molecule has 0 heterocycles. The molecular weight excluding hydrogens is 124 g/mol. The average molecular weight is 132 g/mol. The zero-order chi connectivity index (χ0) is 6.57. The Morgan fingerprint density at radius 1 is 1.50 bits per heavy atom. The van der Waals surface area contributed by atoms with Crippen LogP contribution in [0.25, 0.3) is 0 Å². The second kappa shape index (κ2) is 3.66. The van der Waals surface area contributed by atoms with Gasteiger partial charge in [-0.3, -0.25) is 9.59 Å². The van der Waals surface area contributed by atoms with Crippen molar-refractivity contribution >= 4 is 23.3 Å². The Hall–Kier alpha value is -0.310. The lowest BCUT2D eigenvalue weighted by atomic mass is 10.3. The maximum Gasteiger partial charge on any atom is 0.207 e. The fourth-order valence-corrected chi connectivity index (χ4v) is 0.698. The maximum absolute atomic E-state index is 10.4. The molecule has 0 atom stereocenters. The van der Waals surface area contributed by atoms with Crippen LogP contribution in [0.1, 0.15) is 6.92 Å². The fraction of sp³-hybridized carbons (Fsp3) is 0.600. The van der Waals surface area contributed by atoms with Crippen molar-refractivity contribution in [1.29, 1.82) is 0 Å². The van der Waals surface area contributed by atoms with Gasteiger partial charge in [0.15, 0.2) is 5.78 Å². The quantitative estimate of drug-likeness (QED) is 0.525. The van der Waals surface area contributed by atoms with Crippen LogP contribution in [0.2, 0.25) is 0 Å². The van der Waals surface area contributed by atoms with Gasteiger partial charge in [-0.25, -0.2) is 0 Å². The molecule has 0 bridgehead atoms. The van der Waals surface area contributed by atoms with E-state index in [0.29, 0.717) is 5.75 Å². The van der Waals surface area contributed by atoms with Crippen LogP contribution in [0.3, 0.4) is 0 Å². The Balaban J connectivity index is 3.49. The molecule has 0 aromatic carbocycles. The summed E-state index contributed by atoms with van der Waals surface area (Å²) in [6, 6.07) is 0. The minimum Gasteiger partial charge on any atom is -0.291 e. The largest absolute Gasteiger partial charge is 0.291 e. The van der Waals surface area contributed by atoms with E-state index in [0.717, 1.165) is 0 Å². The van der Waals surface area contributed by atoms with Gasteiger partial charge in [0, 0.05) is 6.92 Å². The Morgan fingerprint density at radius 2 is 2.00 bits per heavy atom. The number of Topliss-reactive ketones (excluding diaryl/α,β-unsaturated/α-hetero) is 2. The highest BCUT2D eigenvalue weighted by Crippen LogP contribution is 1.91. The normalized spacial score (nSPS) is 8.75. The van der Waals surface area contributed by atoms with Crippen LogP contribution in [0.15, 0.2) is 0 Å². The molecule has 0 unspecified atom stereocenters. The summed E-state index contributed by atoms with van der Waals surface area (Å²) in [5.41, 5.74) is 0. The first kappa shape index (κ1) is 7.69. The molecule has 0 N–H and O–H groups in total. The lowest BCUT2D eigenvalue weighted by Gasteiger charge is -1.87. The summed E-state index contributed by atoms with van der Waals surface area (Å²) in [6.07, 6.45) is 1.79. The van der Waals surface area contributed by atoms with Crippen molar-refractivity contribution in [3.8, 4) is 0 Å². The van der Waals surface area contributed by atoms with E-state index in [4.69, 9.17) is 0 Å². The summed E-state index contributed by atoms with van der Waals surface area (Å²) in [5.74, 6) is -0.327. The number of carbonyl (C=O) groups excluding carboxylic acids is 2. The van der Waals surface area contributed by atoms with E-state index in [1.54, 1.807) is 6.26 Å². The summed E-state index contributed by atoms with van der Waals surface area (Å²) >= 11 is 1.37. The van der Waals surface area contributed by atoms with Gasteiger partial charge in [0.2, 0.25) is 5.78 Å². The average Bonchev–Trinajstić information content (AvgIpc) is 1.67. The first-order valence-corrected chi connectivity index (χ1v) is 3.60. The van der Waals surface area contributed by atoms with Crippen LogP contribution in [0.5, 0.6) is 0 Å². The van der Waals surface area contributed by atoms with E-state index in [1.165, 1.54) is 18.7 Å². The van der Waals surface area contributed by atoms with Gasteiger partial charge in [0.05, 0.1) is 5.75 Å². The Morgan fingerprint density at radius 3 is 2.12 bits per heavy atom. The third-order valence-electron chi connectivity index (χ3n) is 0.668. The third kappa shape index (κ3) is 2.80. The van der Waals surface area contributed by atoms with E-state index < -0.39 is 0 Å². The fourth-order valence-electron chi connectivity index (χ4n) is 0.233. The van der Waals surface area contributed by atoms with E-state index >= 15 is 0 Å². The predicted molar refractivity (Wildman–Crippen MR) is 34.1 cm³/mol. The molecule has 0 aliphatic carbocycles. The van der Waals surface area contributed by atoms with Gasteiger partial charge in [-0.2, -0.15) is 11.8 Å². The SMILES string of the molecule is CSCC(=O)C(C)=O. The van der Waals surface area contributed by atoms with Crippen LogP contribution in [0.4, 0.5) is 0 Å².